The smallest absolute Gasteiger partial charge is 0.154 e. The fourth-order valence-corrected chi connectivity index (χ4v) is 2.35. The summed E-state index contributed by atoms with van der Waals surface area (Å²) >= 11 is 0. The number of ether oxygens (including phenoxy) is 1. The molecule has 0 heterocycles. The number of carbonyl (C=O) groups is 1. The van der Waals surface area contributed by atoms with Gasteiger partial charge in [0.25, 0.3) is 0 Å². The molecule has 19 heavy (non-hydrogen) atoms. The molecular weight excluding hydrogens is 238 g/mol. The van der Waals surface area contributed by atoms with Crippen molar-refractivity contribution in [1.82, 2.24) is 0 Å². The van der Waals surface area contributed by atoms with E-state index >= 15 is 0 Å². The monoisotopic (exact) mass is 257 g/mol. The highest BCUT2D eigenvalue weighted by Crippen LogP contribution is 2.32. The van der Waals surface area contributed by atoms with Crippen molar-refractivity contribution >= 4 is 5.78 Å². The van der Waals surface area contributed by atoms with Crippen molar-refractivity contribution in [2.45, 2.75) is 38.5 Å². The quantitative estimate of drug-likeness (QED) is 0.784. The molecule has 0 aromatic heterocycles. The van der Waals surface area contributed by atoms with E-state index in [0.29, 0.717) is 18.9 Å². The summed E-state index contributed by atoms with van der Waals surface area (Å²) in [5.41, 5.74) is 0.773. The third-order valence-corrected chi connectivity index (χ3v) is 3.69. The summed E-state index contributed by atoms with van der Waals surface area (Å²) in [6.45, 7) is 2.54. The van der Waals surface area contributed by atoms with Gasteiger partial charge in [-0.2, -0.15) is 5.26 Å². The third-order valence-electron chi connectivity index (χ3n) is 3.69. The minimum atomic E-state index is -0.628. The highest BCUT2D eigenvalue weighted by Gasteiger charge is 2.26. The van der Waals surface area contributed by atoms with E-state index in [1.54, 1.807) is 0 Å². The predicted molar refractivity (Wildman–Crippen MR) is 72.9 cm³/mol. The van der Waals surface area contributed by atoms with E-state index in [2.05, 4.69) is 6.07 Å². The molecule has 1 aliphatic carbocycles. The first kappa shape index (κ1) is 13.6. The molecule has 1 fully saturated rings. The van der Waals surface area contributed by atoms with Gasteiger partial charge in [-0.15, -0.1) is 0 Å². The largest absolute Gasteiger partial charge is 0.494 e. The maximum absolute atomic E-state index is 12.1. The Labute approximate surface area is 114 Å². The van der Waals surface area contributed by atoms with Crippen LogP contribution in [0.2, 0.25) is 0 Å². The van der Waals surface area contributed by atoms with Gasteiger partial charge in [0, 0.05) is 6.42 Å². The Bertz CT molecular complexity index is 469. The lowest BCUT2D eigenvalue weighted by molar-refractivity contribution is -0.120. The van der Waals surface area contributed by atoms with Crippen molar-refractivity contribution in [2.24, 2.45) is 5.92 Å². The first-order valence-corrected chi connectivity index (χ1v) is 6.89. The molecule has 1 atom stereocenters. The van der Waals surface area contributed by atoms with Crippen LogP contribution in [0.3, 0.4) is 0 Å². The van der Waals surface area contributed by atoms with Gasteiger partial charge in [-0.1, -0.05) is 31.4 Å². The Kier molecular flexibility index (Phi) is 4.57. The van der Waals surface area contributed by atoms with E-state index in [1.165, 1.54) is 6.42 Å². The van der Waals surface area contributed by atoms with Crippen LogP contribution in [0.25, 0.3) is 0 Å². The van der Waals surface area contributed by atoms with Crippen LogP contribution in [-0.4, -0.2) is 12.4 Å². The molecule has 3 heteroatoms. The zero-order valence-electron chi connectivity index (χ0n) is 11.3. The van der Waals surface area contributed by atoms with Crippen LogP contribution in [0.4, 0.5) is 0 Å². The van der Waals surface area contributed by atoms with Gasteiger partial charge < -0.3 is 4.74 Å². The van der Waals surface area contributed by atoms with Crippen LogP contribution in [-0.2, 0) is 4.79 Å². The number of hydrogen-bond donors (Lipinski definition) is 0. The Balaban J connectivity index is 2.03. The summed E-state index contributed by atoms with van der Waals surface area (Å²) in [5, 5.41) is 9.22. The Morgan fingerprint density at radius 3 is 2.58 bits per heavy atom. The molecule has 1 aromatic rings. The SMILES string of the molecule is CCOc1ccc(C(C#N)C(=O)CC2CCC2)cc1. The molecule has 1 unspecified atom stereocenters. The van der Waals surface area contributed by atoms with Crippen LogP contribution in [0.1, 0.15) is 44.1 Å². The number of rotatable bonds is 6. The maximum atomic E-state index is 12.1. The number of nitriles is 1. The van der Waals surface area contributed by atoms with Crippen LogP contribution >= 0.6 is 0 Å². The van der Waals surface area contributed by atoms with E-state index in [4.69, 9.17) is 4.74 Å². The van der Waals surface area contributed by atoms with E-state index < -0.39 is 5.92 Å². The Hall–Kier alpha value is -1.82. The minimum absolute atomic E-state index is 0.0522. The lowest BCUT2D eigenvalue weighted by atomic mass is 9.79. The topological polar surface area (TPSA) is 50.1 Å². The van der Waals surface area contributed by atoms with Crippen molar-refractivity contribution < 1.29 is 9.53 Å². The van der Waals surface area contributed by atoms with Crippen LogP contribution in [0, 0.1) is 17.2 Å². The standard InChI is InChI=1S/C16H19NO2/c1-2-19-14-8-6-13(7-9-14)15(11-17)16(18)10-12-4-3-5-12/h6-9,12,15H,2-5,10H2,1H3. The van der Waals surface area contributed by atoms with Crippen LogP contribution in [0.15, 0.2) is 24.3 Å². The normalized spacial score (nSPS) is 16.2. The van der Waals surface area contributed by atoms with Gasteiger partial charge in [-0.05, 0) is 30.5 Å². The average molecular weight is 257 g/mol. The lowest BCUT2D eigenvalue weighted by Crippen LogP contribution is -2.20. The minimum Gasteiger partial charge on any atom is -0.494 e. The third kappa shape index (κ3) is 3.35. The van der Waals surface area contributed by atoms with Gasteiger partial charge >= 0.3 is 0 Å². The molecule has 0 spiro atoms. The van der Waals surface area contributed by atoms with Gasteiger partial charge in [0.2, 0.25) is 0 Å². The van der Waals surface area contributed by atoms with Crippen molar-refractivity contribution in [3.63, 3.8) is 0 Å². The van der Waals surface area contributed by atoms with Crippen molar-refractivity contribution in [2.75, 3.05) is 6.61 Å². The van der Waals surface area contributed by atoms with Crippen molar-refractivity contribution in [3.8, 4) is 11.8 Å². The molecule has 0 radical (unpaired) electrons. The molecule has 0 amide bonds. The molecule has 1 aliphatic rings. The molecule has 2 rings (SSSR count). The Morgan fingerprint density at radius 2 is 2.11 bits per heavy atom. The van der Waals surface area contributed by atoms with Gasteiger partial charge in [0.1, 0.15) is 11.7 Å². The fourth-order valence-electron chi connectivity index (χ4n) is 2.35. The van der Waals surface area contributed by atoms with E-state index in [0.717, 1.165) is 24.2 Å². The van der Waals surface area contributed by atoms with Gasteiger partial charge in [0.05, 0.1) is 12.7 Å². The van der Waals surface area contributed by atoms with E-state index in [9.17, 15) is 10.1 Å². The van der Waals surface area contributed by atoms with Gasteiger partial charge in [0.15, 0.2) is 5.78 Å². The maximum Gasteiger partial charge on any atom is 0.154 e. The molecule has 1 aromatic carbocycles. The summed E-state index contributed by atoms with van der Waals surface area (Å²) in [5.74, 6) is 0.702. The molecule has 100 valence electrons. The summed E-state index contributed by atoms with van der Waals surface area (Å²) < 4.78 is 5.36. The second-order valence-corrected chi connectivity index (χ2v) is 5.03. The number of ketones is 1. The summed E-state index contributed by atoms with van der Waals surface area (Å²) in [6.07, 6.45) is 4.03. The molecule has 0 aliphatic heterocycles. The first-order chi connectivity index (χ1) is 9.24. The molecule has 0 N–H and O–H groups in total. The second kappa shape index (κ2) is 6.38. The number of nitrogens with zero attached hydrogens (tertiary/aromatic N) is 1. The zero-order chi connectivity index (χ0) is 13.7. The van der Waals surface area contributed by atoms with Crippen molar-refractivity contribution in [3.05, 3.63) is 29.8 Å². The molecule has 0 saturated heterocycles. The summed E-state index contributed by atoms with van der Waals surface area (Å²) in [4.78, 5) is 12.1. The van der Waals surface area contributed by atoms with E-state index in [-0.39, 0.29) is 5.78 Å². The second-order valence-electron chi connectivity index (χ2n) is 5.03. The van der Waals surface area contributed by atoms with Crippen LogP contribution in [0.5, 0.6) is 5.75 Å². The predicted octanol–water partition coefficient (Wildman–Crippen LogP) is 3.45. The fraction of sp³-hybridized carbons (Fsp3) is 0.500. The zero-order valence-corrected chi connectivity index (χ0v) is 11.3. The average Bonchev–Trinajstić information content (AvgIpc) is 2.37. The molecule has 3 nitrogen and oxygen atoms in total. The van der Waals surface area contributed by atoms with Gasteiger partial charge in [-0.3, -0.25) is 4.79 Å². The lowest BCUT2D eigenvalue weighted by Gasteiger charge is -2.25. The van der Waals surface area contributed by atoms with Crippen LogP contribution < -0.4 is 4.74 Å². The number of benzene rings is 1. The van der Waals surface area contributed by atoms with Crippen molar-refractivity contribution in [1.29, 1.82) is 5.26 Å². The number of carbonyl (C=O) groups excluding carboxylic acids is 1. The Morgan fingerprint density at radius 1 is 1.42 bits per heavy atom. The molecular formula is C16H19NO2. The summed E-state index contributed by atoms with van der Waals surface area (Å²) in [6, 6.07) is 9.41. The van der Waals surface area contributed by atoms with E-state index in [1.807, 2.05) is 31.2 Å². The van der Waals surface area contributed by atoms with Gasteiger partial charge in [-0.25, -0.2) is 0 Å². The number of hydrogen-bond acceptors (Lipinski definition) is 3. The first-order valence-electron chi connectivity index (χ1n) is 6.89. The molecule has 1 saturated carbocycles. The summed E-state index contributed by atoms with van der Waals surface area (Å²) in [7, 11) is 0. The highest BCUT2D eigenvalue weighted by molar-refractivity contribution is 5.88. The molecule has 0 bridgehead atoms. The number of Topliss-reactive ketones (excluding diaryl/α,β-unsaturated/α-hetero) is 1. The highest BCUT2D eigenvalue weighted by atomic mass is 16.5.